The fourth-order valence-corrected chi connectivity index (χ4v) is 4.37. The topological polar surface area (TPSA) is 164 Å². The average Bonchev–Trinajstić information content (AvgIpc) is 2.94. The highest BCUT2D eigenvalue weighted by Gasteiger charge is 2.32. The molecule has 0 heterocycles. The zero-order valence-corrected chi connectivity index (χ0v) is 27.8. The lowest BCUT2D eigenvalue weighted by Gasteiger charge is -2.27. The molecule has 2 aromatic carbocycles. The van der Waals surface area contributed by atoms with Gasteiger partial charge in [-0.1, -0.05) is 42.5 Å². The molecule has 0 fully saturated rings. The fraction of sp³-hybridized carbons (Fsp3) is 0.455. The number of carbonyl (C=O) groups excluding carboxylic acids is 5. The van der Waals surface area contributed by atoms with Crippen molar-refractivity contribution in [2.75, 3.05) is 12.8 Å². The van der Waals surface area contributed by atoms with Gasteiger partial charge in [0, 0.05) is 30.5 Å². The molecular formula is C33H44N4O7S. The Kier molecular flexibility index (Phi) is 13.8. The highest BCUT2D eigenvalue weighted by atomic mass is 32.2. The molecule has 0 aliphatic rings. The van der Waals surface area contributed by atoms with Crippen LogP contribution in [0.5, 0.6) is 0 Å². The van der Waals surface area contributed by atoms with E-state index in [-0.39, 0.29) is 19.4 Å². The second-order valence-corrected chi connectivity index (χ2v) is 13.1. The maximum atomic E-state index is 13.5. The number of esters is 2. The van der Waals surface area contributed by atoms with E-state index in [2.05, 4.69) is 16.0 Å². The Balaban J connectivity index is 2.13. The largest absolute Gasteiger partial charge is 0.460 e. The number of hydrogen-bond donors (Lipinski definition) is 4. The molecule has 2 atom stereocenters. The molecule has 244 valence electrons. The van der Waals surface area contributed by atoms with Crippen LogP contribution in [0.25, 0.3) is 0 Å². The predicted octanol–water partition coefficient (Wildman–Crippen LogP) is 3.78. The van der Waals surface area contributed by atoms with Gasteiger partial charge in [-0.05, 0) is 65.5 Å². The molecule has 3 amide bonds. The molecule has 2 rings (SSSR count). The lowest BCUT2D eigenvalue weighted by atomic mass is 10.0. The summed E-state index contributed by atoms with van der Waals surface area (Å²) in [6, 6.07) is 13.1. The smallest absolute Gasteiger partial charge is 0.329 e. The highest BCUT2D eigenvalue weighted by molar-refractivity contribution is 8.13. The molecule has 4 N–H and O–H groups in total. The van der Waals surface area contributed by atoms with Crippen LogP contribution in [0, 0.1) is 5.41 Å². The molecule has 2 aromatic rings. The summed E-state index contributed by atoms with van der Waals surface area (Å²) in [5.41, 5.74) is 0.180. The third-order valence-electron chi connectivity index (χ3n) is 5.98. The Hall–Kier alpha value is -4.19. The molecule has 0 spiro atoms. The van der Waals surface area contributed by atoms with Gasteiger partial charge in [0.05, 0.1) is 11.5 Å². The maximum absolute atomic E-state index is 13.5. The summed E-state index contributed by atoms with van der Waals surface area (Å²) in [4.78, 5) is 64.7. The quantitative estimate of drug-likeness (QED) is 0.146. The Morgan fingerprint density at radius 1 is 0.800 bits per heavy atom. The maximum Gasteiger partial charge on any atom is 0.329 e. The van der Waals surface area contributed by atoms with E-state index in [1.807, 2.05) is 18.2 Å². The highest BCUT2D eigenvalue weighted by Crippen LogP contribution is 2.14. The van der Waals surface area contributed by atoms with Gasteiger partial charge in [0.25, 0.3) is 5.91 Å². The van der Waals surface area contributed by atoms with Crippen molar-refractivity contribution in [1.82, 2.24) is 16.0 Å². The molecule has 0 aliphatic heterocycles. The van der Waals surface area contributed by atoms with Crippen molar-refractivity contribution in [2.45, 2.75) is 84.1 Å². The number of rotatable bonds is 13. The standard InChI is InChI=1S/C33H44N4O7S/c1-32(2,3)43-27(39)20-24(30(41)37-25(31(42)44-33(4,5)6)19-21-11-9-8-10-12-21)36-26(38)17-18-35-29(40)23-15-13-22(14-16-23)28(34)45-7/h8-16,24-25,34H,17-20H2,1-7H3,(H,35,40)(H,36,38)(H,37,41)/t24-,25-/m0/s1. The van der Waals surface area contributed by atoms with Crippen molar-refractivity contribution in [3.05, 3.63) is 71.3 Å². The Bertz CT molecular complexity index is 1350. The van der Waals surface area contributed by atoms with Crippen LogP contribution < -0.4 is 16.0 Å². The van der Waals surface area contributed by atoms with Crippen molar-refractivity contribution in [3.63, 3.8) is 0 Å². The van der Waals surface area contributed by atoms with Gasteiger partial charge in [-0.15, -0.1) is 11.8 Å². The van der Waals surface area contributed by atoms with Gasteiger partial charge in [-0.2, -0.15) is 0 Å². The van der Waals surface area contributed by atoms with Crippen molar-refractivity contribution in [2.24, 2.45) is 0 Å². The first-order valence-electron chi connectivity index (χ1n) is 14.6. The van der Waals surface area contributed by atoms with Crippen LogP contribution in [0.4, 0.5) is 0 Å². The first kappa shape index (κ1) is 37.0. The molecule has 0 saturated carbocycles. The first-order valence-corrected chi connectivity index (χ1v) is 15.8. The number of amides is 3. The van der Waals surface area contributed by atoms with Crippen LogP contribution in [-0.4, -0.2) is 70.8 Å². The van der Waals surface area contributed by atoms with E-state index in [0.717, 1.165) is 5.56 Å². The Morgan fingerprint density at radius 2 is 1.38 bits per heavy atom. The molecule has 11 nitrogen and oxygen atoms in total. The molecule has 0 aromatic heterocycles. The summed E-state index contributed by atoms with van der Waals surface area (Å²) in [7, 11) is 0. The van der Waals surface area contributed by atoms with E-state index in [1.54, 1.807) is 84.2 Å². The van der Waals surface area contributed by atoms with Gasteiger partial charge in [-0.25, -0.2) is 4.79 Å². The van der Waals surface area contributed by atoms with Gasteiger partial charge < -0.3 is 25.4 Å². The lowest BCUT2D eigenvalue weighted by Crippen LogP contribution is -2.54. The molecule has 45 heavy (non-hydrogen) atoms. The van der Waals surface area contributed by atoms with E-state index < -0.39 is 59.4 Å². The van der Waals surface area contributed by atoms with E-state index in [0.29, 0.717) is 16.2 Å². The van der Waals surface area contributed by atoms with E-state index in [1.165, 1.54) is 11.8 Å². The summed E-state index contributed by atoms with van der Waals surface area (Å²) >= 11 is 1.29. The van der Waals surface area contributed by atoms with E-state index >= 15 is 0 Å². The number of nitrogens with one attached hydrogen (secondary N) is 4. The van der Waals surface area contributed by atoms with Crippen LogP contribution in [0.1, 0.15) is 75.9 Å². The lowest BCUT2D eigenvalue weighted by molar-refractivity contribution is -0.159. The van der Waals surface area contributed by atoms with Gasteiger partial charge in [0.1, 0.15) is 23.3 Å². The van der Waals surface area contributed by atoms with Gasteiger partial charge in [0.2, 0.25) is 11.8 Å². The predicted molar refractivity (Wildman–Crippen MR) is 174 cm³/mol. The molecular weight excluding hydrogens is 596 g/mol. The second-order valence-electron chi connectivity index (χ2n) is 12.3. The zero-order chi connectivity index (χ0) is 33.8. The summed E-state index contributed by atoms with van der Waals surface area (Å²) in [6.45, 7) is 10.1. The second kappa shape index (κ2) is 16.8. The minimum atomic E-state index is -1.36. The van der Waals surface area contributed by atoms with Crippen LogP contribution in [0.3, 0.4) is 0 Å². The number of carbonyl (C=O) groups is 5. The summed E-state index contributed by atoms with van der Waals surface area (Å²) in [5, 5.41) is 16.1. The molecule has 0 radical (unpaired) electrons. The van der Waals surface area contributed by atoms with Gasteiger partial charge >= 0.3 is 11.9 Å². The van der Waals surface area contributed by atoms with Crippen LogP contribution >= 0.6 is 11.8 Å². The number of thioether (sulfide) groups is 1. The number of ether oxygens (including phenoxy) is 2. The summed E-state index contributed by atoms with van der Waals surface area (Å²) in [5.74, 6) is -3.15. The molecule has 0 aliphatic carbocycles. The summed E-state index contributed by atoms with van der Waals surface area (Å²) < 4.78 is 10.9. The average molecular weight is 641 g/mol. The van der Waals surface area contributed by atoms with Crippen LogP contribution in [0.2, 0.25) is 0 Å². The molecule has 0 unspecified atom stereocenters. The van der Waals surface area contributed by atoms with Gasteiger partial charge in [0.15, 0.2) is 0 Å². The van der Waals surface area contributed by atoms with Crippen molar-refractivity contribution >= 4 is 46.5 Å². The van der Waals surface area contributed by atoms with Crippen LogP contribution in [-0.2, 0) is 35.1 Å². The minimum Gasteiger partial charge on any atom is -0.460 e. The van der Waals surface area contributed by atoms with E-state index in [9.17, 15) is 24.0 Å². The molecule has 12 heteroatoms. The Labute approximate surface area is 269 Å². The summed E-state index contributed by atoms with van der Waals surface area (Å²) in [6.07, 6.45) is 1.25. The minimum absolute atomic E-state index is 0.0393. The first-order chi connectivity index (χ1) is 21.0. The monoisotopic (exact) mass is 640 g/mol. The third kappa shape index (κ3) is 14.0. The van der Waals surface area contributed by atoms with Gasteiger partial charge in [-0.3, -0.25) is 24.6 Å². The van der Waals surface area contributed by atoms with Crippen molar-refractivity contribution < 1.29 is 33.4 Å². The Morgan fingerprint density at radius 3 is 1.93 bits per heavy atom. The number of hydrogen-bond acceptors (Lipinski definition) is 9. The van der Waals surface area contributed by atoms with E-state index in [4.69, 9.17) is 14.9 Å². The van der Waals surface area contributed by atoms with Crippen molar-refractivity contribution in [1.29, 1.82) is 5.41 Å². The normalized spacial score (nSPS) is 12.7. The molecule has 0 bridgehead atoms. The number of benzene rings is 2. The SMILES string of the molecule is CSC(=N)c1ccc(C(=O)NCCC(=O)N[C@@H](CC(=O)OC(C)(C)C)C(=O)N[C@@H](Cc2ccccc2)C(=O)OC(C)(C)C)cc1. The fourth-order valence-electron chi connectivity index (χ4n) is 4.00. The van der Waals surface area contributed by atoms with Crippen molar-refractivity contribution in [3.8, 4) is 0 Å². The zero-order valence-electron chi connectivity index (χ0n) is 26.9. The third-order valence-corrected chi connectivity index (χ3v) is 6.63. The molecule has 0 saturated heterocycles. The van der Waals surface area contributed by atoms with Crippen LogP contribution in [0.15, 0.2) is 54.6 Å².